The van der Waals surface area contributed by atoms with E-state index in [-0.39, 0.29) is 13.2 Å². The van der Waals surface area contributed by atoms with Crippen molar-refractivity contribution in [2.45, 2.75) is 19.8 Å². The summed E-state index contributed by atoms with van der Waals surface area (Å²) in [6.45, 7) is 2.04. The number of hydrogen-bond acceptors (Lipinski definition) is 4. The van der Waals surface area contributed by atoms with Gasteiger partial charge in [0.2, 0.25) is 0 Å². The molecule has 72 valence electrons. The van der Waals surface area contributed by atoms with Crippen LogP contribution in [-0.4, -0.2) is 33.4 Å². The van der Waals surface area contributed by atoms with Gasteiger partial charge in [-0.05, 0) is 6.92 Å². The second-order valence-corrected chi connectivity index (χ2v) is 2.84. The number of aromatic nitrogens is 2. The fourth-order valence-corrected chi connectivity index (χ4v) is 1.14. The summed E-state index contributed by atoms with van der Waals surface area (Å²) in [7, 11) is 0. The van der Waals surface area contributed by atoms with E-state index in [0.29, 0.717) is 12.8 Å². The molecule has 0 bridgehead atoms. The van der Waals surface area contributed by atoms with Crippen molar-refractivity contribution >= 4 is 0 Å². The molecular weight excluding hydrogens is 168 g/mol. The Hall–Kier alpha value is -1.00. The van der Waals surface area contributed by atoms with Gasteiger partial charge in [0, 0.05) is 32.3 Å². The van der Waals surface area contributed by atoms with Crippen LogP contribution in [0.25, 0.3) is 0 Å². The van der Waals surface area contributed by atoms with Gasteiger partial charge in [-0.15, -0.1) is 0 Å². The third kappa shape index (κ3) is 2.75. The lowest BCUT2D eigenvalue weighted by molar-refractivity contribution is 0.295. The predicted molar refractivity (Wildman–Crippen MR) is 48.3 cm³/mol. The molecule has 0 amide bonds. The SMILES string of the molecule is Cc1nc(CCO)cnc1CCO. The van der Waals surface area contributed by atoms with Crippen LogP contribution >= 0.6 is 0 Å². The summed E-state index contributed by atoms with van der Waals surface area (Å²) in [5.74, 6) is 0. The van der Waals surface area contributed by atoms with E-state index in [1.54, 1.807) is 6.20 Å². The molecule has 0 unspecified atom stereocenters. The molecule has 0 aliphatic carbocycles. The Morgan fingerprint density at radius 3 is 2.46 bits per heavy atom. The second-order valence-electron chi connectivity index (χ2n) is 2.84. The van der Waals surface area contributed by atoms with E-state index in [1.165, 1.54) is 0 Å². The first-order valence-electron chi connectivity index (χ1n) is 4.31. The zero-order valence-electron chi connectivity index (χ0n) is 7.69. The van der Waals surface area contributed by atoms with Crippen LogP contribution in [0.1, 0.15) is 17.1 Å². The molecule has 13 heavy (non-hydrogen) atoms. The zero-order valence-corrected chi connectivity index (χ0v) is 7.69. The third-order valence-corrected chi connectivity index (χ3v) is 1.81. The van der Waals surface area contributed by atoms with Crippen molar-refractivity contribution in [3.05, 3.63) is 23.3 Å². The maximum absolute atomic E-state index is 8.71. The smallest absolute Gasteiger partial charge is 0.0638 e. The van der Waals surface area contributed by atoms with Crippen LogP contribution in [0.15, 0.2) is 6.20 Å². The highest BCUT2D eigenvalue weighted by Gasteiger charge is 2.02. The van der Waals surface area contributed by atoms with Crippen LogP contribution in [0.5, 0.6) is 0 Å². The molecule has 0 radical (unpaired) electrons. The van der Waals surface area contributed by atoms with Gasteiger partial charge in [0.1, 0.15) is 0 Å². The van der Waals surface area contributed by atoms with Crippen molar-refractivity contribution in [1.29, 1.82) is 0 Å². The van der Waals surface area contributed by atoms with Gasteiger partial charge in [0.25, 0.3) is 0 Å². The highest BCUT2D eigenvalue weighted by atomic mass is 16.3. The topological polar surface area (TPSA) is 66.2 Å². The molecule has 0 saturated carbocycles. The van der Waals surface area contributed by atoms with E-state index >= 15 is 0 Å². The second kappa shape index (κ2) is 4.89. The molecule has 0 spiro atoms. The number of nitrogens with zero attached hydrogens (tertiary/aromatic N) is 2. The van der Waals surface area contributed by atoms with Gasteiger partial charge in [-0.3, -0.25) is 9.97 Å². The normalized spacial score (nSPS) is 10.4. The Morgan fingerprint density at radius 2 is 1.92 bits per heavy atom. The molecular formula is C9H14N2O2. The van der Waals surface area contributed by atoms with E-state index in [0.717, 1.165) is 17.1 Å². The van der Waals surface area contributed by atoms with Gasteiger partial charge in [-0.1, -0.05) is 0 Å². The standard InChI is InChI=1S/C9H14N2O2/c1-7-9(3-5-13)10-6-8(11-7)2-4-12/h6,12-13H,2-5H2,1H3. The number of aliphatic hydroxyl groups is 2. The molecule has 4 heteroatoms. The van der Waals surface area contributed by atoms with E-state index in [4.69, 9.17) is 10.2 Å². The molecule has 1 rings (SSSR count). The molecule has 0 atom stereocenters. The van der Waals surface area contributed by atoms with E-state index < -0.39 is 0 Å². The molecule has 1 aromatic rings. The highest BCUT2D eigenvalue weighted by molar-refractivity contribution is 5.12. The van der Waals surface area contributed by atoms with Crippen LogP contribution in [0.4, 0.5) is 0 Å². The molecule has 0 aromatic carbocycles. The molecule has 1 heterocycles. The Kier molecular flexibility index (Phi) is 3.79. The van der Waals surface area contributed by atoms with E-state index in [9.17, 15) is 0 Å². The van der Waals surface area contributed by atoms with Gasteiger partial charge in [-0.25, -0.2) is 0 Å². The van der Waals surface area contributed by atoms with Gasteiger partial charge in [-0.2, -0.15) is 0 Å². The van der Waals surface area contributed by atoms with Crippen LogP contribution < -0.4 is 0 Å². The van der Waals surface area contributed by atoms with Crippen LogP contribution in [0, 0.1) is 6.92 Å². The minimum Gasteiger partial charge on any atom is -0.396 e. The summed E-state index contributed by atoms with van der Waals surface area (Å²) < 4.78 is 0. The van der Waals surface area contributed by atoms with E-state index in [2.05, 4.69) is 9.97 Å². The minimum atomic E-state index is 0.0907. The van der Waals surface area contributed by atoms with Crippen molar-refractivity contribution in [3.63, 3.8) is 0 Å². The number of rotatable bonds is 4. The lowest BCUT2D eigenvalue weighted by atomic mass is 10.2. The van der Waals surface area contributed by atoms with Gasteiger partial charge >= 0.3 is 0 Å². The van der Waals surface area contributed by atoms with Crippen molar-refractivity contribution in [2.75, 3.05) is 13.2 Å². The quantitative estimate of drug-likeness (QED) is 0.680. The summed E-state index contributed by atoms with van der Waals surface area (Å²) in [6.07, 6.45) is 2.72. The highest BCUT2D eigenvalue weighted by Crippen LogP contribution is 2.03. The fraction of sp³-hybridized carbons (Fsp3) is 0.556. The summed E-state index contributed by atoms with van der Waals surface area (Å²) in [6, 6.07) is 0. The maximum Gasteiger partial charge on any atom is 0.0638 e. The minimum absolute atomic E-state index is 0.0907. The first-order chi connectivity index (χ1) is 6.27. The molecule has 0 fully saturated rings. The summed E-state index contributed by atoms with van der Waals surface area (Å²) >= 11 is 0. The Bertz CT molecular complexity index is 276. The monoisotopic (exact) mass is 182 g/mol. The third-order valence-electron chi connectivity index (χ3n) is 1.81. The molecule has 0 saturated heterocycles. The summed E-state index contributed by atoms with van der Waals surface area (Å²) in [4.78, 5) is 8.40. The number of aliphatic hydroxyl groups excluding tert-OH is 2. The van der Waals surface area contributed by atoms with Gasteiger partial charge in [0.05, 0.1) is 17.1 Å². The number of hydrogen-bond donors (Lipinski definition) is 2. The molecule has 0 aliphatic heterocycles. The van der Waals surface area contributed by atoms with Crippen molar-refractivity contribution < 1.29 is 10.2 Å². The zero-order chi connectivity index (χ0) is 9.68. The summed E-state index contributed by atoms with van der Waals surface area (Å²) in [5.41, 5.74) is 2.45. The largest absolute Gasteiger partial charge is 0.396 e. The predicted octanol–water partition coefficient (Wildman–Crippen LogP) is -0.145. The Balaban J connectivity index is 2.79. The first-order valence-corrected chi connectivity index (χ1v) is 4.31. The molecule has 1 aromatic heterocycles. The maximum atomic E-state index is 8.71. The Labute approximate surface area is 77.3 Å². The lowest BCUT2D eigenvalue weighted by Gasteiger charge is -2.04. The van der Waals surface area contributed by atoms with Crippen LogP contribution in [0.3, 0.4) is 0 Å². The molecule has 0 aliphatic rings. The van der Waals surface area contributed by atoms with E-state index in [1.807, 2.05) is 6.92 Å². The molecule has 4 nitrogen and oxygen atoms in total. The van der Waals surface area contributed by atoms with Crippen molar-refractivity contribution in [2.24, 2.45) is 0 Å². The van der Waals surface area contributed by atoms with Crippen molar-refractivity contribution in [3.8, 4) is 0 Å². The van der Waals surface area contributed by atoms with Crippen LogP contribution in [0.2, 0.25) is 0 Å². The first kappa shape index (κ1) is 10.1. The Morgan fingerprint density at radius 1 is 1.23 bits per heavy atom. The summed E-state index contributed by atoms with van der Waals surface area (Å²) in [5, 5.41) is 17.4. The average molecular weight is 182 g/mol. The van der Waals surface area contributed by atoms with Gasteiger partial charge < -0.3 is 10.2 Å². The van der Waals surface area contributed by atoms with Crippen molar-refractivity contribution in [1.82, 2.24) is 9.97 Å². The molecule has 2 N–H and O–H groups in total. The van der Waals surface area contributed by atoms with Crippen LogP contribution in [-0.2, 0) is 12.8 Å². The number of aryl methyl sites for hydroxylation is 1. The lowest BCUT2D eigenvalue weighted by Crippen LogP contribution is -2.04. The average Bonchev–Trinajstić information content (AvgIpc) is 2.10. The van der Waals surface area contributed by atoms with Gasteiger partial charge in [0.15, 0.2) is 0 Å². The fourth-order valence-electron chi connectivity index (χ4n) is 1.14.